The van der Waals surface area contributed by atoms with Gasteiger partial charge >= 0.3 is 0 Å². The van der Waals surface area contributed by atoms with Crippen LogP contribution in [0.2, 0.25) is 0 Å². The highest BCUT2D eigenvalue weighted by Gasteiger charge is 2.41. The zero-order valence-corrected chi connectivity index (χ0v) is 12.1. The average Bonchev–Trinajstić information content (AvgIpc) is 2.78. The van der Waals surface area contributed by atoms with Crippen molar-refractivity contribution in [1.82, 2.24) is 9.97 Å². The molecule has 0 saturated carbocycles. The molecular weight excluding hydrogens is 260 g/mol. The number of para-hydroxylation sites is 1. The summed E-state index contributed by atoms with van der Waals surface area (Å²) in [5.41, 5.74) is 5.24. The molecule has 0 N–H and O–H groups in total. The molecule has 1 unspecified atom stereocenters. The molecule has 4 rings (SSSR count). The number of aromatic nitrogens is 2. The van der Waals surface area contributed by atoms with Crippen LogP contribution < -0.4 is 0 Å². The first-order valence-corrected chi connectivity index (χ1v) is 7.22. The Morgan fingerprint density at radius 2 is 1.95 bits per heavy atom. The number of hydrogen-bond donors (Lipinski definition) is 0. The van der Waals surface area contributed by atoms with Crippen LogP contribution in [0.4, 0.5) is 0 Å². The smallest absolute Gasteiger partial charge is 0.119 e. The Bertz CT molecular complexity index is 843. The number of rotatable bonds is 2. The van der Waals surface area contributed by atoms with Gasteiger partial charge in [-0.3, -0.25) is 9.97 Å². The van der Waals surface area contributed by atoms with Gasteiger partial charge in [-0.25, -0.2) is 0 Å². The van der Waals surface area contributed by atoms with E-state index in [1.54, 1.807) is 0 Å². The van der Waals surface area contributed by atoms with E-state index in [0.29, 0.717) is 6.61 Å². The summed E-state index contributed by atoms with van der Waals surface area (Å²) < 4.78 is 6.11. The second kappa shape index (κ2) is 4.37. The van der Waals surface area contributed by atoms with E-state index in [4.69, 9.17) is 4.74 Å². The fraction of sp³-hybridized carbons (Fsp3) is 0.222. The molecule has 1 aliphatic carbocycles. The summed E-state index contributed by atoms with van der Waals surface area (Å²) in [5, 5.41) is 1.17. The van der Waals surface area contributed by atoms with E-state index in [1.165, 1.54) is 16.5 Å². The van der Waals surface area contributed by atoms with Gasteiger partial charge in [-0.05, 0) is 37.1 Å². The molecule has 3 heteroatoms. The van der Waals surface area contributed by atoms with Crippen molar-refractivity contribution < 1.29 is 4.74 Å². The van der Waals surface area contributed by atoms with Gasteiger partial charge in [0.1, 0.15) is 5.60 Å². The van der Waals surface area contributed by atoms with Crippen molar-refractivity contribution in [3.05, 3.63) is 60.0 Å². The fourth-order valence-corrected chi connectivity index (χ4v) is 3.38. The van der Waals surface area contributed by atoms with Gasteiger partial charge in [0.25, 0.3) is 0 Å². The Hall–Kier alpha value is -2.26. The van der Waals surface area contributed by atoms with Crippen LogP contribution in [0, 0.1) is 0 Å². The molecule has 2 aromatic heterocycles. The maximum Gasteiger partial charge on any atom is 0.119 e. The predicted molar refractivity (Wildman–Crippen MR) is 83.1 cm³/mol. The molecule has 1 atom stereocenters. The molecule has 1 aliphatic rings. The van der Waals surface area contributed by atoms with Gasteiger partial charge in [-0.15, -0.1) is 0 Å². The zero-order valence-electron chi connectivity index (χ0n) is 12.1. The van der Waals surface area contributed by atoms with Gasteiger partial charge in [0.15, 0.2) is 0 Å². The largest absolute Gasteiger partial charge is 0.366 e. The van der Waals surface area contributed by atoms with E-state index in [9.17, 15) is 0 Å². The third-order valence-electron chi connectivity index (χ3n) is 4.33. The number of pyridine rings is 2. The molecule has 0 aliphatic heterocycles. The standard InChI is InChI=1S/C18H16N2O/c1-3-21-18(2)14-10-19-9-8-12(14)17-13-6-4-5-7-16(13)20-11-15(17)18/h4-11H,3H2,1-2H3. The van der Waals surface area contributed by atoms with E-state index < -0.39 is 5.60 Å². The fourth-order valence-electron chi connectivity index (χ4n) is 3.38. The highest BCUT2D eigenvalue weighted by atomic mass is 16.5. The molecule has 0 saturated heterocycles. The molecule has 0 spiro atoms. The van der Waals surface area contributed by atoms with Crippen molar-refractivity contribution in [2.45, 2.75) is 19.4 Å². The first-order valence-electron chi connectivity index (χ1n) is 7.22. The Labute approximate surface area is 123 Å². The highest BCUT2D eigenvalue weighted by molar-refractivity contribution is 6.00. The number of hydrogen-bond acceptors (Lipinski definition) is 3. The van der Waals surface area contributed by atoms with Crippen molar-refractivity contribution in [2.75, 3.05) is 6.61 Å². The van der Waals surface area contributed by atoms with Crippen LogP contribution in [0.25, 0.3) is 22.0 Å². The van der Waals surface area contributed by atoms with Crippen LogP contribution in [0.3, 0.4) is 0 Å². The van der Waals surface area contributed by atoms with E-state index in [1.807, 2.05) is 37.6 Å². The Morgan fingerprint density at radius 3 is 2.81 bits per heavy atom. The van der Waals surface area contributed by atoms with Crippen LogP contribution in [0.5, 0.6) is 0 Å². The normalized spacial score (nSPS) is 19.5. The number of benzene rings is 1. The lowest BCUT2D eigenvalue weighted by Gasteiger charge is -2.26. The number of ether oxygens (including phenoxy) is 1. The van der Waals surface area contributed by atoms with Crippen molar-refractivity contribution in [1.29, 1.82) is 0 Å². The predicted octanol–water partition coefficient (Wildman–Crippen LogP) is 3.91. The number of fused-ring (bicyclic) bond motifs is 5. The van der Waals surface area contributed by atoms with E-state index in [-0.39, 0.29) is 0 Å². The van der Waals surface area contributed by atoms with Gasteiger partial charge in [0.05, 0.1) is 5.52 Å². The minimum Gasteiger partial charge on any atom is -0.366 e. The summed E-state index contributed by atoms with van der Waals surface area (Å²) in [6.07, 6.45) is 5.71. The molecule has 0 fully saturated rings. The molecule has 0 bridgehead atoms. The van der Waals surface area contributed by atoms with Gasteiger partial charge in [-0.1, -0.05) is 18.2 Å². The van der Waals surface area contributed by atoms with Crippen LogP contribution in [-0.4, -0.2) is 16.6 Å². The zero-order chi connectivity index (χ0) is 14.4. The summed E-state index contributed by atoms with van der Waals surface area (Å²) in [6.45, 7) is 4.78. The monoisotopic (exact) mass is 276 g/mol. The lowest BCUT2D eigenvalue weighted by molar-refractivity contribution is 0.00715. The molecule has 21 heavy (non-hydrogen) atoms. The lowest BCUT2D eigenvalue weighted by atomic mass is 9.95. The Kier molecular flexibility index (Phi) is 2.59. The first kappa shape index (κ1) is 12.5. The van der Waals surface area contributed by atoms with Crippen LogP contribution in [0.1, 0.15) is 25.0 Å². The van der Waals surface area contributed by atoms with Crippen molar-refractivity contribution in [3.63, 3.8) is 0 Å². The van der Waals surface area contributed by atoms with Crippen molar-refractivity contribution in [3.8, 4) is 11.1 Å². The summed E-state index contributed by atoms with van der Waals surface area (Å²) >= 11 is 0. The van der Waals surface area contributed by atoms with Crippen LogP contribution >= 0.6 is 0 Å². The minimum absolute atomic E-state index is 0.468. The minimum atomic E-state index is -0.468. The Morgan fingerprint density at radius 1 is 1.10 bits per heavy atom. The lowest BCUT2D eigenvalue weighted by Crippen LogP contribution is -2.25. The topological polar surface area (TPSA) is 35.0 Å². The average molecular weight is 276 g/mol. The molecule has 2 heterocycles. The third-order valence-corrected chi connectivity index (χ3v) is 4.33. The van der Waals surface area contributed by atoms with Crippen LogP contribution in [-0.2, 0) is 10.3 Å². The van der Waals surface area contributed by atoms with Gasteiger partial charge in [0.2, 0.25) is 0 Å². The quantitative estimate of drug-likeness (QED) is 0.711. The molecular formula is C18H16N2O. The van der Waals surface area contributed by atoms with Gasteiger partial charge < -0.3 is 4.74 Å². The molecule has 3 nitrogen and oxygen atoms in total. The van der Waals surface area contributed by atoms with Crippen molar-refractivity contribution in [2.24, 2.45) is 0 Å². The van der Waals surface area contributed by atoms with E-state index in [2.05, 4.69) is 35.1 Å². The maximum atomic E-state index is 6.11. The maximum absolute atomic E-state index is 6.11. The Balaban J connectivity index is 2.14. The second-order valence-corrected chi connectivity index (χ2v) is 5.45. The summed E-state index contributed by atoms with van der Waals surface area (Å²) in [7, 11) is 0. The summed E-state index contributed by atoms with van der Waals surface area (Å²) in [5.74, 6) is 0. The van der Waals surface area contributed by atoms with Crippen molar-refractivity contribution >= 4 is 10.9 Å². The molecule has 0 amide bonds. The third kappa shape index (κ3) is 1.58. The molecule has 0 radical (unpaired) electrons. The second-order valence-electron chi connectivity index (χ2n) is 5.45. The van der Waals surface area contributed by atoms with Gasteiger partial charge in [0, 0.05) is 41.7 Å². The van der Waals surface area contributed by atoms with E-state index >= 15 is 0 Å². The summed E-state index contributed by atoms with van der Waals surface area (Å²) in [6, 6.07) is 10.3. The SMILES string of the molecule is CCOC1(C)c2cnccc2-c2c1cnc1ccccc21. The number of nitrogens with zero attached hydrogens (tertiary/aromatic N) is 2. The van der Waals surface area contributed by atoms with Crippen LogP contribution in [0.15, 0.2) is 48.9 Å². The first-order chi connectivity index (χ1) is 10.3. The molecule has 104 valence electrons. The molecule has 3 aromatic rings. The van der Waals surface area contributed by atoms with Gasteiger partial charge in [-0.2, -0.15) is 0 Å². The molecule has 1 aromatic carbocycles. The van der Waals surface area contributed by atoms with E-state index in [0.717, 1.165) is 16.6 Å². The highest BCUT2D eigenvalue weighted by Crippen LogP contribution is 2.50. The summed E-state index contributed by atoms with van der Waals surface area (Å²) in [4.78, 5) is 8.91.